The molecule has 1 amide bonds. The van der Waals surface area contributed by atoms with Gasteiger partial charge in [0.25, 0.3) is 5.91 Å². The molecule has 1 rings (SSSR count). The zero-order valence-corrected chi connectivity index (χ0v) is 9.45. The molecule has 0 saturated carbocycles. The van der Waals surface area contributed by atoms with Crippen LogP contribution in [0.2, 0.25) is 5.02 Å². The molecule has 0 spiro atoms. The van der Waals surface area contributed by atoms with E-state index in [-0.39, 0.29) is 6.04 Å². The third-order valence-electron chi connectivity index (χ3n) is 1.88. The summed E-state index contributed by atoms with van der Waals surface area (Å²) in [6, 6.07) is 6.75. The van der Waals surface area contributed by atoms with Gasteiger partial charge in [-0.15, -0.1) is 0 Å². The predicted octanol–water partition coefficient (Wildman–Crippen LogP) is 1.90. The van der Waals surface area contributed by atoms with Crippen LogP contribution in [0.4, 0.5) is 0 Å². The summed E-state index contributed by atoms with van der Waals surface area (Å²) in [6.07, 6.45) is -1.21. The van der Waals surface area contributed by atoms with Gasteiger partial charge in [0, 0.05) is 16.6 Å². The van der Waals surface area contributed by atoms with Crippen molar-refractivity contribution < 1.29 is 9.90 Å². The van der Waals surface area contributed by atoms with Gasteiger partial charge in [0.1, 0.15) is 0 Å². The molecule has 4 heteroatoms. The van der Waals surface area contributed by atoms with Crippen LogP contribution < -0.4 is 5.32 Å². The Labute approximate surface area is 94.1 Å². The lowest BCUT2D eigenvalue weighted by Gasteiger charge is -2.14. The number of rotatable bonds is 3. The lowest BCUT2D eigenvalue weighted by atomic mass is 10.1. The van der Waals surface area contributed by atoms with Crippen LogP contribution in [0.3, 0.4) is 0 Å². The van der Waals surface area contributed by atoms with Crippen LogP contribution in [0.15, 0.2) is 24.3 Å². The molecule has 0 aliphatic heterocycles. The van der Waals surface area contributed by atoms with Crippen molar-refractivity contribution >= 4 is 17.5 Å². The number of hydrogen-bond donors (Lipinski definition) is 2. The van der Waals surface area contributed by atoms with Crippen molar-refractivity contribution in [3.63, 3.8) is 0 Å². The molecular formula is C11H14ClNO2. The average molecular weight is 228 g/mol. The van der Waals surface area contributed by atoms with Gasteiger partial charge in [0.15, 0.2) is 6.10 Å². The number of carbonyl (C=O) groups excluding carboxylic acids is 1. The first-order chi connectivity index (χ1) is 7.02. The van der Waals surface area contributed by atoms with Gasteiger partial charge in [-0.3, -0.25) is 4.79 Å². The molecule has 3 nitrogen and oxygen atoms in total. The van der Waals surface area contributed by atoms with E-state index in [1.807, 2.05) is 13.8 Å². The molecular weight excluding hydrogens is 214 g/mol. The van der Waals surface area contributed by atoms with Crippen LogP contribution in [-0.4, -0.2) is 17.1 Å². The minimum absolute atomic E-state index is 0.00497. The second-order valence-electron chi connectivity index (χ2n) is 3.59. The van der Waals surface area contributed by atoms with E-state index < -0.39 is 12.0 Å². The fourth-order valence-corrected chi connectivity index (χ4v) is 1.44. The minimum atomic E-state index is -1.21. The number of nitrogens with one attached hydrogen (secondary N) is 1. The highest BCUT2D eigenvalue weighted by Gasteiger charge is 2.19. The molecule has 0 aromatic heterocycles. The zero-order chi connectivity index (χ0) is 11.4. The second-order valence-corrected chi connectivity index (χ2v) is 3.99. The Morgan fingerprint density at radius 3 is 2.53 bits per heavy atom. The summed E-state index contributed by atoms with van der Waals surface area (Å²) >= 11 is 5.86. The molecule has 1 aromatic rings. The number of aliphatic hydroxyl groups is 1. The molecule has 1 atom stereocenters. The largest absolute Gasteiger partial charge is 0.378 e. The predicted molar refractivity (Wildman–Crippen MR) is 59.7 cm³/mol. The van der Waals surface area contributed by atoms with Crippen molar-refractivity contribution in [1.29, 1.82) is 0 Å². The smallest absolute Gasteiger partial charge is 0.253 e. The first-order valence-corrected chi connectivity index (χ1v) is 5.13. The highest BCUT2D eigenvalue weighted by molar-refractivity contribution is 6.31. The summed E-state index contributed by atoms with van der Waals surface area (Å²) in [5.74, 6) is -0.432. The van der Waals surface area contributed by atoms with Crippen LogP contribution >= 0.6 is 11.6 Å². The standard InChI is InChI=1S/C11H14ClNO2/c1-7(2)13-11(15)10(14)8-5-3-4-6-9(8)12/h3-7,10,14H,1-2H3,(H,13,15). The van der Waals surface area contributed by atoms with E-state index in [1.165, 1.54) is 0 Å². The van der Waals surface area contributed by atoms with Crippen LogP contribution in [0, 0.1) is 0 Å². The fourth-order valence-electron chi connectivity index (χ4n) is 1.20. The van der Waals surface area contributed by atoms with E-state index in [0.717, 1.165) is 0 Å². The average Bonchev–Trinajstić information content (AvgIpc) is 2.16. The van der Waals surface area contributed by atoms with Crippen molar-refractivity contribution in [1.82, 2.24) is 5.32 Å². The maximum absolute atomic E-state index is 11.5. The molecule has 0 saturated heterocycles. The van der Waals surface area contributed by atoms with Crippen molar-refractivity contribution in [3.05, 3.63) is 34.9 Å². The lowest BCUT2D eigenvalue weighted by Crippen LogP contribution is -2.34. The lowest BCUT2D eigenvalue weighted by molar-refractivity contribution is -0.130. The Morgan fingerprint density at radius 2 is 2.00 bits per heavy atom. The van der Waals surface area contributed by atoms with Crippen molar-refractivity contribution in [2.75, 3.05) is 0 Å². The van der Waals surface area contributed by atoms with Gasteiger partial charge in [0.05, 0.1) is 0 Å². The van der Waals surface area contributed by atoms with Crippen LogP contribution in [0.1, 0.15) is 25.5 Å². The third kappa shape index (κ3) is 3.22. The molecule has 0 fully saturated rings. The van der Waals surface area contributed by atoms with Crippen LogP contribution in [0.5, 0.6) is 0 Å². The molecule has 0 bridgehead atoms. The Balaban J connectivity index is 2.81. The fraction of sp³-hybridized carbons (Fsp3) is 0.364. The van der Waals surface area contributed by atoms with Gasteiger partial charge < -0.3 is 10.4 Å². The molecule has 0 aliphatic rings. The number of amides is 1. The molecule has 0 aliphatic carbocycles. The molecule has 15 heavy (non-hydrogen) atoms. The molecule has 0 heterocycles. The van der Waals surface area contributed by atoms with Gasteiger partial charge in [0.2, 0.25) is 0 Å². The number of aliphatic hydroxyl groups excluding tert-OH is 1. The van der Waals surface area contributed by atoms with Crippen molar-refractivity contribution in [3.8, 4) is 0 Å². The van der Waals surface area contributed by atoms with E-state index in [0.29, 0.717) is 10.6 Å². The zero-order valence-electron chi connectivity index (χ0n) is 8.70. The van der Waals surface area contributed by atoms with E-state index in [2.05, 4.69) is 5.32 Å². The van der Waals surface area contributed by atoms with Gasteiger partial charge in [-0.05, 0) is 19.9 Å². The van der Waals surface area contributed by atoms with E-state index in [9.17, 15) is 9.90 Å². The van der Waals surface area contributed by atoms with Gasteiger partial charge in [-0.1, -0.05) is 29.8 Å². The van der Waals surface area contributed by atoms with Gasteiger partial charge in [-0.25, -0.2) is 0 Å². The Bertz CT molecular complexity index is 352. The number of halogens is 1. The molecule has 0 radical (unpaired) electrons. The molecule has 2 N–H and O–H groups in total. The molecule has 1 unspecified atom stereocenters. The summed E-state index contributed by atoms with van der Waals surface area (Å²) in [5.41, 5.74) is 0.428. The normalized spacial score (nSPS) is 12.6. The molecule has 1 aromatic carbocycles. The van der Waals surface area contributed by atoms with E-state index >= 15 is 0 Å². The minimum Gasteiger partial charge on any atom is -0.378 e. The second kappa shape index (κ2) is 5.14. The maximum atomic E-state index is 11.5. The summed E-state index contributed by atoms with van der Waals surface area (Å²) in [4.78, 5) is 11.5. The van der Waals surface area contributed by atoms with E-state index in [4.69, 9.17) is 11.6 Å². The Kier molecular flexibility index (Phi) is 4.12. The van der Waals surface area contributed by atoms with Crippen LogP contribution in [0.25, 0.3) is 0 Å². The number of hydrogen-bond acceptors (Lipinski definition) is 2. The third-order valence-corrected chi connectivity index (χ3v) is 2.22. The quantitative estimate of drug-likeness (QED) is 0.829. The first kappa shape index (κ1) is 12.0. The van der Waals surface area contributed by atoms with Crippen molar-refractivity contribution in [2.45, 2.75) is 26.0 Å². The molecule has 82 valence electrons. The topological polar surface area (TPSA) is 49.3 Å². The van der Waals surface area contributed by atoms with E-state index in [1.54, 1.807) is 24.3 Å². The number of benzene rings is 1. The SMILES string of the molecule is CC(C)NC(=O)C(O)c1ccccc1Cl. The van der Waals surface area contributed by atoms with Crippen LogP contribution in [-0.2, 0) is 4.79 Å². The monoisotopic (exact) mass is 227 g/mol. The first-order valence-electron chi connectivity index (χ1n) is 4.75. The van der Waals surface area contributed by atoms with Gasteiger partial charge in [-0.2, -0.15) is 0 Å². The summed E-state index contributed by atoms with van der Waals surface area (Å²) in [6.45, 7) is 3.66. The van der Waals surface area contributed by atoms with Gasteiger partial charge >= 0.3 is 0 Å². The maximum Gasteiger partial charge on any atom is 0.253 e. The summed E-state index contributed by atoms with van der Waals surface area (Å²) in [7, 11) is 0. The summed E-state index contributed by atoms with van der Waals surface area (Å²) < 4.78 is 0. The Hall–Kier alpha value is -1.06. The Morgan fingerprint density at radius 1 is 1.40 bits per heavy atom. The highest BCUT2D eigenvalue weighted by Crippen LogP contribution is 2.22. The van der Waals surface area contributed by atoms with Crippen molar-refractivity contribution in [2.24, 2.45) is 0 Å². The highest BCUT2D eigenvalue weighted by atomic mass is 35.5. The summed E-state index contributed by atoms with van der Waals surface area (Å²) in [5, 5.41) is 12.7. The number of carbonyl (C=O) groups is 1.